The second kappa shape index (κ2) is 10.3. The van der Waals surface area contributed by atoms with E-state index >= 15 is 0 Å². The fourth-order valence-electron chi connectivity index (χ4n) is 1.98. The molecule has 0 saturated heterocycles. The van der Waals surface area contributed by atoms with Crippen LogP contribution in [-0.4, -0.2) is 54.7 Å². The zero-order valence-electron chi connectivity index (χ0n) is 15.5. The van der Waals surface area contributed by atoms with Gasteiger partial charge in [0.15, 0.2) is 18.1 Å². The lowest BCUT2D eigenvalue weighted by Crippen LogP contribution is -2.31. The number of ether oxygens (including phenoxy) is 3. The van der Waals surface area contributed by atoms with Crippen molar-refractivity contribution in [3.05, 3.63) is 23.8 Å². The maximum absolute atomic E-state index is 11.9. The average molecular weight is 367 g/mol. The standard InChI is InChI=1S/C18H25NO7/c1-5-9-24-15-10-13(17(18(22)23)26-12(3)20)7-8-14(15)25-11-16(21)19(4)6-2/h7-8,10,17H,5-6,9,11H2,1-4H3,(H,22,23). The number of esters is 1. The number of hydrogen-bond donors (Lipinski definition) is 1. The van der Waals surface area contributed by atoms with Crippen LogP contribution in [0.1, 0.15) is 38.9 Å². The molecule has 1 rings (SSSR count). The molecule has 144 valence electrons. The van der Waals surface area contributed by atoms with Crippen molar-refractivity contribution in [1.29, 1.82) is 0 Å². The van der Waals surface area contributed by atoms with E-state index in [0.717, 1.165) is 13.3 Å². The van der Waals surface area contributed by atoms with E-state index in [2.05, 4.69) is 0 Å². The third-order valence-corrected chi connectivity index (χ3v) is 3.49. The minimum absolute atomic E-state index is 0.168. The molecule has 1 aromatic rings. The molecule has 8 nitrogen and oxygen atoms in total. The maximum Gasteiger partial charge on any atom is 0.349 e. The van der Waals surface area contributed by atoms with E-state index in [4.69, 9.17) is 14.2 Å². The van der Waals surface area contributed by atoms with Gasteiger partial charge < -0.3 is 24.2 Å². The van der Waals surface area contributed by atoms with E-state index in [1.165, 1.54) is 23.1 Å². The Morgan fingerprint density at radius 3 is 2.38 bits per heavy atom. The molecule has 0 saturated carbocycles. The lowest BCUT2D eigenvalue weighted by Gasteiger charge is -2.18. The highest BCUT2D eigenvalue weighted by atomic mass is 16.6. The Labute approximate surface area is 152 Å². The molecule has 0 aliphatic rings. The molecule has 1 unspecified atom stereocenters. The number of likely N-dealkylation sites (N-methyl/N-ethyl adjacent to an activating group) is 1. The Balaban J connectivity index is 3.06. The summed E-state index contributed by atoms with van der Waals surface area (Å²) in [6, 6.07) is 4.41. The number of hydrogen-bond acceptors (Lipinski definition) is 6. The largest absolute Gasteiger partial charge is 0.490 e. The van der Waals surface area contributed by atoms with Gasteiger partial charge in [0, 0.05) is 26.1 Å². The summed E-state index contributed by atoms with van der Waals surface area (Å²) in [5, 5.41) is 9.28. The van der Waals surface area contributed by atoms with Gasteiger partial charge in [-0.1, -0.05) is 13.0 Å². The summed E-state index contributed by atoms with van der Waals surface area (Å²) < 4.78 is 16.0. The molecule has 1 amide bonds. The SMILES string of the molecule is CCCOc1cc(C(OC(C)=O)C(=O)O)ccc1OCC(=O)N(C)CC. The van der Waals surface area contributed by atoms with Crippen LogP contribution in [0.3, 0.4) is 0 Å². The second-order valence-electron chi connectivity index (χ2n) is 5.58. The van der Waals surface area contributed by atoms with Crippen molar-refractivity contribution in [2.75, 3.05) is 26.8 Å². The molecule has 1 aromatic carbocycles. The van der Waals surface area contributed by atoms with Crippen molar-refractivity contribution in [2.24, 2.45) is 0 Å². The van der Waals surface area contributed by atoms with Gasteiger partial charge in [-0.2, -0.15) is 0 Å². The minimum Gasteiger partial charge on any atom is -0.490 e. The van der Waals surface area contributed by atoms with E-state index in [1.807, 2.05) is 13.8 Å². The second-order valence-corrected chi connectivity index (χ2v) is 5.58. The van der Waals surface area contributed by atoms with Gasteiger partial charge in [0.25, 0.3) is 5.91 Å². The number of benzene rings is 1. The Kier molecular flexibility index (Phi) is 8.41. The summed E-state index contributed by atoms with van der Waals surface area (Å²) in [4.78, 5) is 35.9. The van der Waals surface area contributed by atoms with Crippen molar-refractivity contribution in [3.8, 4) is 11.5 Å². The third kappa shape index (κ3) is 6.27. The van der Waals surface area contributed by atoms with Crippen molar-refractivity contribution in [2.45, 2.75) is 33.3 Å². The van der Waals surface area contributed by atoms with E-state index in [9.17, 15) is 19.5 Å². The van der Waals surface area contributed by atoms with E-state index in [-0.39, 0.29) is 23.8 Å². The highest BCUT2D eigenvalue weighted by Crippen LogP contribution is 2.32. The maximum atomic E-state index is 11.9. The van der Waals surface area contributed by atoms with Gasteiger partial charge in [-0.05, 0) is 25.5 Å². The Hall–Kier alpha value is -2.77. The summed E-state index contributed by atoms with van der Waals surface area (Å²) in [6.45, 7) is 5.68. The highest BCUT2D eigenvalue weighted by Gasteiger charge is 2.25. The van der Waals surface area contributed by atoms with Crippen LogP contribution < -0.4 is 9.47 Å². The van der Waals surface area contributed by atoms with Gasteiger partial charge in [0.05, 0.1) is 6.61 Å². The molecule has 0 spiro atoms. The van der Waals surface area contributed by atoms with E-state index < -0.39 is 18.0 Å². The lowest BCUT2D eigenvalue weighted by molar-refractivity contribution is -0.163. The molecule has 0 fully saturated rings. The van der Waals surface area contributed by atoms with Gasteiger partial charge >= 0.3 is 11.9 Å². The molecule has 0 heterocycles. The Bertz CT molecular complexity index is 644. The zero-order chi connectivity index (χ0) is 19.7. The van der Waals surface area contributed by atoms with E-state index in [1.54, 1.807) is 7.05 Å². The number of nitrogens with zero attached hydrogens (tertiary/aromatic N) is 1. The first-order chi connectivity index (χ1) is 12.3. The first-order valence-corrected chi connectivity index (χ1v) is 8.33. The first kappa shape index (κ1) is 21.3. The zero-order valence-corrected chi connectivity index (χ0v) is 15.5. The summed E-state index contributed by atoms with van der Waals surface area (Å²) in [6.07, 6.45) is -0.716. The molecular weight excluding hydrogens is 342 g/mol. The minimum atomic E-state index is -1.45. The van der Waals surface area contributed by atoms with Crippen molar-refractivity contribution < 1.29 is 33.7 Å². The highest BCUT2D eigenvalue weighted by molar-refractivity contribution is 5.79. The van der Waals surface area contributed by atoms with Crippen LogP contribution in [0.5, 0.6) is 11.5 Å². The fraction of sp³-hybridized carbons (Fsp3) is 0.500. The van der Waals surface area contributed by atoms with Gasteiger partial charge in [0.2, 0.25) is 6.10 Å². The molecule has 0 aliphatic carbocycles. The molecule has 0 aromatic heterocycles. The van der Waals surface area contributed by atoms with Crippen LogP contribution in [0.15, 0.2) is 18.2 Å². The van der Waals surface area contributed by atoms with E-state index in [0.29, 0.717) is 18.9 Å². The summed E-state index contributed by atoms with van der Waals surface area (Å²) in [5.74, 6) is -1.60. The van der Waals surface area contributed by atoms with Gasteiger partial charge in [-0.25, -0.2) is 4.79 Å². The Morgan fingerprint density at radius 1 is 1.15 bits per heavy atom. The number of carboxylic acids is 1. The number of carbonyl (C=O) groups is 3. The summed E-state index contributed by atoms with van der Waals surface area (Å²) in [7, 11) is 1.67. The topological polar surface area (TPSA) is 102 Å². The summed E-state index contributed by atoms with van der Waals surface area (Å²) >= 11 is 0. The normalized spacial score (nSPS) is 11.4. The van der Waals surface area contributed by atoms with Gasteiger partial charge in [-0.3, -0.25) is 9.59 Å². The predicted molar refractivity (Wildman–Crippen MR) is 93.2 cm³/mol. The molecule has 8 heteroatoms. The molecule has 0 aliphatic heterocycles. The smallest absolute Gasteiger partial charge is 0.349 e. The number of amides is 1. The van der Waals surface area contributed by atoms with Crippen LogP contribution in [0.25, 0.3) is 0 Å². The average Bonchev–Trinajstić information content (AvgIpc) is 2.61. The third-order valence-electron chi connectivity index (χ3n) is 3.49. The number of carbonyl (C=O) groups excluding carboxylic acids is 2. The molecule has 0 bridgehead atoms. The van der Waals surface area contributed by atoms with Crippen LogP contribution >= 0.6 is 0 Å². The Morgan fingerprint density at radius 2 is 1.85 bits per heavy atom. The number of rotatable bonds is 10. The quantitative estimate of drug-likeness (QED) is 0.631. The van der Waals surface area contributed by atoms with Crippen LogP contribution in [0.2, 0.25) is 0 Å². The van der Waals surface area contributed by atoms with Crippen LogP contribution in [0.4, 0.5) is 0 Å². The van der Waals surface area contributed by atoms with Gasteiger partial charge in [0.1, 0.15) is 0 Å². The van der Waals surface area contributed by atoms with Crippen LogP contribution in [0, 0.1) is 0 Å². The van der Waals surface area contributed by atoms with Gasteiger partial charge in [-0.15, -0.1) is 0 Å². The number of aliphatic carboxylic acids is 1. The summed E-state index contributed by atoms with van der Waals surface area (Å²) in [5.41, 5.74) is 0.239. The monoisotopic (exact) mass is 367 g/mol. The van der Waals surface area contributed by atoms with Crippen LogP contribution in [-0.2, 0) is 19.1 Å². The van der Waals surface area contributed by atoms with Crippen molar-refractivity contribution in [1.82, 2.24) is 4.90 Å². The first-order valence-electron chi connectivity index (χ1n) is 8.33. The number of carboxylic acid groups (broad SMARTS) is 1. The van der Waals surface area contributed by atoms with Crippen molar-refractivity contribution in [3.63, 3.8) is 0 Å². The molecule has 0 radical (unpaired) electrons. The fourth-order valence-corrected chi connectivity index (χ4v) is 1.98. The molecule has 1 atom stereocenters. The lowest BCUT2D eigenvalue weighted by atomic mass is 10.1. The molecule has 1 N–H and O–H groups in total. The molecule has 26 heavy (non-hydrogen) atoms. The predicted octanol–water partition coefficient (Wildman–Crippen LogP) is 2.02. The van der Waals surface area contributed by atoms with Crippen molar-refractivity contribution >= 4 is 17.8 Å². The molecular formula is C18H25NO7.